The quantitative estimate of drug-likeness (QED) is 0.820. The van der Waals surface area contributed by atoms with Gasteiger partial charge < -0.3 is 20.6 Å². The lowest BCUT2D eigenvalue weighted by atomic mass is 9.96. The van der Waals surface area contributed by atoms with Crippen LogP contribution in [-0.4, -0.2) is 64.7 Å². The summed E-state index contributed by atoms with van der Waals surface area (Å²) in [5.41, 5.74) is 5.03. The molecular weight excluding hydrogens is 266 g/mol. The zero-order valence-electron chi connectivity index (χ0n) is 13.0. The molecule has 0 bridgehead atoms. The molecule has 0 radical (unpaired) electrons. The van der Waals surface area contributed by atoms with Crippen LogP contribution in [0, 0.1) is 0 Å². The van der Waals surface area contributed by atoms with Gasteiger partial charge in [0.15, 0.2) is 0 Å². The van der Waals surface area contributed by atoms with E-state index in [1.807, 2.05) is 0 Å². The third-order valence-corrected chi connectivity index (χ3v) is 5.87. The highest BCUT2D eigenvalue weighted by molar-refractivity contribution is 5.79. The molecule has 0 aromatic heterocycles. The van der Waals surface area contributed by atoms with Gasteiger partial charge in [0.2, 0.25) is 0 Å². The maximum atomic E-state index is 11.3. The molecule has 1 aliphatic carbocycles. The van der Waals surface area contributed by atoms with Gasteiger partial charge in [0.25, 0.3) is 0 Å². The number of nitrogens with zero attached hydrogens (tertiary/aromatic N) is 2. The Morgan fingerprint density at radius 1 is 0.952 bits per heavy atom. The van der Waals surface area contributed by atoms with E-state index in [2.05, 4.69) is 9.80 Å². The van der Waals surface area contributed by atoms with E-state index in [-0.39, 0.29) is 0 Å². The summed E-state index contributed by atoms with van der Waals surface area (Å²) in [6.45, 7) is 4.78. The van der Waals surface area contributed by atoms with Crippen LogP contribution >= 0.6 is 0 Å². The molecule has 2 heterocycles. The number of piperidine rings is 2. The number of nitrogens with two attached hydrogens (primary N) is 1. The van der Waals surface area contributed by atoms with Crippen LogP contribution in [0.3, 0.4) is 0 Å². The van der Waals surface area contributed by atoms with Crippen molar-refractivity contribution in [3.05, 3.63) is 0 Å². The van der Waals surface area contributed by atoms with Crippen LogP contribution in [0.2, 0.25) is 0 Å². The summed E-state index contributed by atoms with van der Waals surface area (Å²) in [5, 5.41) is 9.25. The van der Waals surface area contributed by atoms with Crippen LogP contribution in [0.25, 0.3) is 0 Å². The van der Waals surface area contributed by atoms with Crippen molar-refractivity contribution < 1.29 is 9.90 Å². The molecule has 2 atom stereocenters. The average molecular weight is 295 g/mol. The first kappa shape index (κ1) is 15.3. The van der Waals surface area contributed by atoms with Gasteiger partial charge >= 0.3 is 5.97 Å². The van der Waals surface area contributed by atoms with E-state index in [1.165, 1.54) is 45.2 Å². The molecule has 2 unspecified atom stereocenters. The number of carboxylic acids is 1. The Morgan fingerprint density at radius 3 is 2.14 bits per heavy atom. The number of carbonyl (C=O) groups is 1. The first-order valence-electron chi connectivity index (χ1n) is 8.59. The first-order chi connectivity index (χ1) is 10.1. The third kappa shape index (κ3) is 3.25. The topological polar surface area (TPSA) is 69.8 Å². The molecule has 0 aromatic carbocycles. The van der Waals surface area contributed by atoms with E-state index >= 15 is 0 Å². The molecule has 2 aliphatic heterocycles. The van der Waals surface area contributed by atoms with Crippen LogP contribution < -0.4 is 5.73 Å². The predicted octanol–water partition coefficient (Wildman–Crippen LogP) is 1.27. The highest BCUT2D eigenvalue weighted by atomic mass is 16.4. The molecule has 5 heteroatoms. The van der Waals surface area contributed by atoms with Gasteiger partial charge in [-0.05, 0) is 71.1 Å². The van der Waals surface area contributed by atoms with Crippen LogP contribution in [-0.2, 0) is 4.79 Å². The molecular formula is C16H29N3O2. The van der Waals surface area contributed by atoms with Crippen molar-refractivity contribution in [1.29, 1.82) is 0 Å². The number of likely N-dealkylation sites (tertiary alicyclic amines) is 2. The normalized spacial score (nSPS) is 36.9. The molecule has 3 aliphatic rings. The summed E-state index contributed by atoms with van der Waals surface area (Å²) in [4.78, 5) is 16.4. The van der Waals surface area contributed by atoms with Gasteiger partial charge in [0.05, 0.1) is 0 Å². The van der Waals surface area contributed by atoms with Crippen molar-refractivity contribution >= 4 is 5.97 Å². The molecule has 0 amide bonds. The Hall–Kier alpha value is -0.650. The van der Waals surface area contributed by atoms with Crippen molar-refractivity contribution in [3.8, 4) is 0 Å². The Morgan fingerprint density at radius 2 is 1.57 bits per heavy atom. The van der Waals surface area contributed by atoms with E-state index in [9.17, 15) is 9.90 Å². The molecule has 1 saturated carbocycles. The summed E-state index contributed by atoms with van der Waals surface area (Å²) in [5.74, 6) is -0.826. The van der Waals surface area contributed by atoms with E-state index in [0.29, 0.717) is 18.9 Å². The summed E-state index contributed by atoms with van der Waals surface area (Å²) < 4.78 is 0. The molecule has 5 nitrogen and oxygen atoms in total. The molecule has 3 fully saturated rings. The Kier molecular flexibility index (Phi) is 4.52. The van der Waals surface area contributed by atoms with Crippen molar-refractivity contribution in [2.45, 2.75) is 69.0 Å². The van der Waals surface area contributed by atoms with Gasteiger partial charge in [-0.15, -0.1) is 0 Å². The number of hydrogen-bond acceptors (Lipinski definition) is 4. The molecule has 0 aromatic rings. The van der Waals surface area contributed by atoms with Gasteiger partial charge in [-0.25, -0.2) is 0 Å². The number of rotatable bonds is 3. The molecule has 3 rings (SSSR count). The molecule has 3 N–H and O–H groups in total. The van der Waals surface area contributed by atoms with E-state index in [1.54, 1.807) is 0 Å². The SMILES string of the molecule is NC1(C(=O)O)CCC(N2CCC(N3CCCCC3)CC2)C1. The van der Waals surface area contributed by atoms with Gasteiger partial charge in [-0.1, -0.05) is 6.42 Å². The smallest absolute Gasteiger partial charge is 0.323 e. The Bertz CT molecular complexity index is 376. The Labute approximate surface area is 127 Å². The van der Waals surface area contributed by atoms with Crippen molar-refractivity contribution in [1.82, 2.24) is 9.80 Å². The minimum atomic E-state index is -0.978. The number of hydrogen-bond donors (Lipinski definition) is 2. The summed E-state index contributed by atoms with van der Waals surface area (Å²) in [6, 6.07) is 1.14. The first-order valence-corrected chi connectivity index (χ1v) is 8.59. The zero-order chi connectivity index (χ0) is 14.9. The predicted molar refractivity (Wildman–Crippen MR) is 82.2 cm³/mol. The fraction of sp³-hybridized carbons (Fsp3) is 0.938. The molecule has 2 saturated heterocycles. The fourth-order valence-corrected chi connectivity index (χ4v) is 4.45. The molecule has 120 valence electrons. The largest absolute Gasteiger partial charge is 0.480 e. The number of carboxylic acid groups (broad SMARTS) is 1. The lowest BCUT2D eigenvalue weighted by Crippen LogP contribution is -2.51. The molecule has 21 heavy (non-hydrogen) atoms. The van der Waals surface area contributed by atoms with E-state index in [0.717, 1.165) is 25.6 Å². The molecule has 0 spiro atoms. The maximum Gasteiger partial charge on any atom is 0.323 e. The standard InChI is InChI=1S/C16H29N3O2/c17-16(15(20)21)7-4-14(12-16)19-10-5-13(6-11-19)18-8-2-1-3-9-18/h13-14H,1-12,17H2,(H,20,21). The van der Waals surface area contributed by atoms with Crippen LogP contribution in [0.1, 0.15) is 51.4 Å². The summed E-state index contributed by atoms with van der Waals surface area (Å²) >= 11 is 0. The maximum absolute atomic E-state index is 11.3. The van der Waals surface area contributed by atoms with Crippen LogP contribution in [0.5, 0.6) is 0 Å². The lowest BCUT2D eigenvalue weighted by molar-refractivity contribution is -0.143. The van der Waals surface area contributed by atoms with Gasteiger partial charge in [-0.2, -0.15) is 0 Å². The van der Waals surface area contributed by atoms with Crippen molar-refractivity contribution in [3.63, 3.8) is 0 Å². The van der Waals surface area contributed by atoms with E-state index in [4.69, 9.17) is 5.73 Å². The van der Waals surface area contributed by atoms with Crippen LogP contribution in [0.15, 0.2) is 0 Å². The Balaban J connectivity index is 1.49. The van der Waals surface area contributed by atoms with Crippen molar-refractivity contribution in [2.24, 2.45) is 5.73 Å². The lowest BCUT2D eigenvalue weighted by Gasteiger charge is -2.42. The third-order valence-electron chi connectivity index (χ3n) is 5.87. The number of aliphatic carboxylic acids is 1. The van der Waals surface area contributed by atoms with Crippen molar-refractivity contribution in [2.75, 3.05) is 26.2 Å². The van der Waals surface area contributed by atoms with Gasteiger partial charge in [-0.3, -0.25) is 4.79 Å². The minimum Gasteiger partial charge on any atom is -0.480 e. The second kappa shape index (κ2) is 6.23. The summed E-state index contributed by atoms with van der Waals surface area (Å²) in [6.07, 6.45) is 8.77. The highest BCUT2D eigenvalue weighted by Gasteiger charge is 2.44. The van der Waals surface area contributed by atoms with Gasteiger partial charge in [0, 0.05) is 12.1 Å². The summed E-state index contributed by atoms with van der Waals surface area (Å²) in [7, 11) is 0. The zero-order valence-corrected chi connectivity index (χ0v) is 13.0. The fourth-order valence-electron chi connectivity index (χ4n) is 4.45. The van der Waals surface area contributed by atoms with E-state index < -0.39 is 11.5 Å². The highest BCUT2D eigenvalue weighted by Crippen LogP contribution is 2.33. The van der Waals surface area contributed by atoms with Crippen LogP contribution in [0.4, 0.5) is 0 Å². The second-order valence-corrected chi connectivity index (χ2v) is 7.22. The average Bonchev–Trinajstić information content (AvgIpc) is 2.92. The minimum absolute atomic E-state index is 0.383. The van der Waals surface area contributed by atoms with Gasteiger partial charge in [0.1, 0.15) is 5.54 Å². The monoisotopic (exact) mass is 295 g/mol. The second-order valence-electron chi connectivity index (χ2n) is 7.22.